The van der Waals surface area contributed by atoms with Crippen LogP contribution in [0.15, 0.2) is 36.4 Å². The van der Waals surface area contributed by atoms with Crippen LogP contribution < -0.4 is 20.5 Å². The third-order valence-electron chi connectivity index (χ3n) is 7.70. The average molecular weight is 528 g/mol. The number of carbonyl (C=O) groups excluding carboxylic acids is 2. The molecule has 0 atom stereocenters. The molecule has 0 unspecified atom stereocenters. The molecule has 2 aromatic rings. The van der Waals surface area contributed by atoms with Crippen molar-refractivity contribution in [3.05, 3.63) is 52.5 Å². The first-order valence-electron chi connectivity index (χ1n) is 13.3. The van der Waals surface area contributed by atoms with Gasteiger partial charge in [-0.15, -0.1) is 0 Å². The fourth-order valence-corrected chi connectivity index (χ4v) is 5.66. The lowest BCUT2D eigenvalue weighted by Crippen LogP contribution is -2.44. The standard InChI is InChI=1S/C29H38ClN3O4/c1-36-26-15-8-20(17-27(26)37-2)29(35)33(24-12-9-22(31)10-13-24)18-21-16-23(11-14-25(21)30)32-28(34)19-6-4-3-5-7-19/h8,11,14-17,19,22,24H,3-7,9-10,12-13,18,31H2,1-2H3,(H,32,34). The molecule has 7 nitrogen and oxygen atoms in total. The smallest absolute Gasteiger partial charge is 0.254 e. The van der Waals surface area contributed by atoms with Crippen molar-refractivity contribution in [1.82, 2.24) is 4.90 Å². The van der Waals surface area contributed by atoms with Crippen LogP contribution >= 0.6 is 11.6 Å². The normalized spacial score (nSPS) is 20.2. The highest BCUT2D eigenvalue weighted by Crippen LogP contribution is 2.32. The first kappa shape index (κ1) is 27.3. The molecule has 0 radical (unpaired) electrons. The predicted octanol–water partition coefficient (Wildman–Crippen LogP) is 5.79. The summed E-state index contributed by atoms with van der Waals surface area (Å²) in [7, 11) is 3.12. The molecule has 2 aliphatic carbocycles. The number of halogens is 1. The number of benzene rings is 2. The highest BCUT2D eigenvalue weighted by Gasteiger charge is 2.30. The lowest BCUT2D eigenvalue weighted by molar-refractivity contribution is -0.120. The average Bonchev–Trinajstić information content (AvgIpc) is 2.93. The van der Waals surface area contributed by atoms with E-state index in [9.17, 15) is 9.59 Å². The molecule has 0 spiro atoms. The number of methoxy groups -OCH3 is 2. The topological polar surface area (TPSA) is 93.9 Å². The van der Waals surface area contributed by atoms with Crippen molar-refractivity contribution < 1.29 is 19.1 Å². The number of nitrogens with two attached hydrogens (primary N) is 1. The number of carbonyl (C=O) groups is 2. The summed E-state index contributed by atoms with van der Waals surface area (Å²) in [5.74, 6) is 1.09. The second-order valence-corrected chi connectivity index (χ2v) is 10.6. The van der Waals surface area contributed by atoms with Crippen LogP contribution in [0.4, 0.5) is 5.69 Å². The first-order valence-corrected chi connectivity index (χ1v) is 13.6. The van der Waals surface area contributed by atoms with Crippen LogP contribution in [0, 0.1) is 5.92 Å². The Bertz CT molecular complexity index is 1090. The minimum absolute atomic E-state index is 0.0388. The third kappa shape index (κ3) is 6.76. The van der Waals surface area contributed by atoms with E-state index in [2.05, 4.69) is 5.32 Å². The van der Waals surface area contributed by atoms with Gasteiger partial charge in [-0.25, -0.2) is 0 Å². The summed E-state index contributed by atoms with van der Waals surface area (Å²) in [6.07, 6.45) is 8.66. The Morgan fingerprint density at radius 1 is 0.946 bits per heavy atom. The summed E-state index contributed by atoms with van der Waals surface area (Å²) in [6, 6.07) is 10.9. The molecule has 37 heavy (non-hydrogen) atoms. The van der Waals surface area contributed by atoms with Crippen molar-refractivity contribution >= 4 is 29.1 Å². The summed E-state index contributed by atoms with van der Waals surface area (Å²) in [4.78, 5) is 28.6. The van der Waals surface area contributed by atoms with E-state index in [1.807, 2.05) is 17.0 Å². The van der Waals surface area contributed by atoms with E-state index in [-0.39, 0.29) is 29.8 Å². The number of nitrogens with zero attached hydrogens (tertiary/aromatic N) is 1. The van der Waals surface area contributed by atoms with Gasteiger partial charge in [-0.1, -0.05) is 30.9 Å². The van der Waals surface area contributed by atoms with Crippen molar-refractivity contribution in [2.75, 3.05) is 19.5 Å². The van der Waals surface area contributed by atoms with Crippen LogP contribution in [-0.4, -0.2) is 43.0 Å². The van der Waals surface area contributed by atoms with E-state index in [1.165, 1.54) is 6.42 Å². The Morgan fingerprint density at radius 3 is 2.32 bits per heavy atom. The number of hydrogen-bond donors (Lipinski definition) is 2. The highest BCUT2D eigenvalue weighted by atomic mass is 35.5. The van der Waals surface area contributed by atoms with E-state index >= 15 is 0 Å². The van der Waals surface area contributed by atoms with Gasteiger partial charge in [0.25, 0.3) is 5.91 Å². The van der Waals surface area contributed by atoms with Gasteiger partial charge in [0.2, 0.25) is 5.91 Å². The minimum atomic E-state index is -0.103. The van der Waals surface area contributed by atoms with Gasteiger partial charge < -0.3 is 25.4 Å². The molecule has 0 bridgehead atoms. The first-order chi connectivity index (χ1) is 17.9. The summed E-state index contributed by atoms with van der Waals surface area (Å²) < 4.78 is 10.8. The summed E-state index contributed by atoms with van der Waals surface area (Å²) in [6.45, 7) is 0.332. The lowest BCUT2D eigenvalue weighted by atomic mass is 9.88. The second kappa shape index (κ2) is 12.7. The van der Waals surface area contributed by atoms with E-state index in [1.54, 1.807) is 38.5 Å². The largest absolute Gasteiger partial charge is 0.493 e. The van der Waals surface area contributed by atoms with Gasteiger partial charge in [0, 0.05) is 40.8 Å². The van der Waals surface area contributed by atoms with Gasteiger partial charge in [-0.3, -0.25) is 9.59 Å². The molecule has 2 fully saturated rings. The van der Waals surface area contributed by atoms with Gasteiger partial charge >= 0.3 is 0 Å². The number of ether oxygens (including phenoxy) is 2. The maximum absolute atomic E-state index is 13.9. The number of amides is 2. The van der Waals surface area contributed by atoms with Crippen molar-refractivity contribution in [2.45, 2.75) is 76.4 Å². The monoisotopic (exact) mass is 527 g/mol. The molecule has 200 valence electrons. The molecule has 2 saturated carbocycles. The molecule has 2 aromatic carbocycles. The Labute approximate surface area is 224 Å². The number of rotatable bonds is 8. The zero-order chi connectivity index (χ0) is 26.4. The van der Waals surface area contributed by atoms with E-state index in [0.29, 0.717) is 34.3 Å². The van der Waals surface area contributed by atoms with E-state index in [0.717, 1.165) is 56.9 Å². The molecule has 0 aromatic heterocycles. The van der Waals surface area contributed by atoms with Crippen LogP contribution in [0.25, 0.3) is 0 Å². The molecular weight excluding hydrogens is 490 g/mol. The van der Waals surface area contributed by atoms with Crippen molar-refractivity contribution in [1.29, 1.82) is 0 Å². The number of nitrogens with one attached hydrogen (secondary N) is 1. The Kier molecular flexibility index (Phi) is 9.33. The zero-order valence-electron chi connectivity index (χ0n) is 21.8. The molecule has 8 heteroatoms. The fourth-order valence-electron chi connectivity index (χ4n) is 5.48. The van der Waals surface area contributed by atoms with E-state index in [4.69, 9.17) is 26.8 Å². The van der Waals surface area contributed by atoms with Crippen molar-refractivity contribution in [2.24, 2.45) is 11.7 Å². The highest BCUT2D eigenvalue weighted by molar-refractivity contribution is 6.31. The van der Waals surface area contributed by atoms with Gasteiger partial charge in [-0.05, 0) is 80.5 Å². The molecule has 3 N–H and O–H groups in total. The summed E-state index contributed by atoms with van der Waals surface area (Å²) >= 11 is 6.62. The number of hydrogen-bond acceptors (Lipinski definition) is 5. The van der Waals surface area contributed by atoms with Gasteiger partial charge in [0.15, 0.2) is 11.5 Å². The van der Waals surface area contributed by atoms with Gasteiger partial charge in [-0.2, -0.15) is 0 Å². The van der Waals surface area contributed by atoms with Crippen molar-refractivity contribution in [3.63, 3.8) is 0 Å². The molecule has 0 heterocycles. The predicted molar refractivity (Wildman–Crippen MR) is 146 cm³/mol. The minimum Gasteiger partial charge on any atom is -0.493 e. The zero-order valence-corrected chi connectivity index (χ0v) is 22.6. The Hall–Kier alpha value is -2.77. The summed E-state index contributed by atoms with van der Waals surface area (Å²) in [5.41, 5.74) is 8.19. The quantitative estimate of drug-likeness (QED) is 0.453. The molecule has 2 aliphatic rings. The van der Waals surface area contributed by atoms with Crippen LogP contribution in [0.3, 0.4) is 0 Å². The van der Waals surface area contributed by atoms with Crippen LogP contribution in [0.5, 0.6) is 11.5 Å². The Morgan fingerprint density at radius 2 is 1.65 bits per heavy atom. The second-order valence-electron chi connectivity index (χ2n) is 10.2. The van der Waals surface area contributed by atoms with Gasteiger partial charge in [0.1, 0.15) is 0 Å². The third-order valence-corrected chi connectivity index (χ3v) is 8.07. The van der Waals surface area contributed by atoms with Crippen LogP contribution in [-0.2, 0) is 11.3 Å². The summed E-state index contributed by atoms with van der Waals surface area (Å²) in [5, 5.41) is 3.64. The Balaban J connectivity index is 1.58. The van der Waals surface area contributed by atoms with Gasteiger partial charge in [0.05, 0.1) is 14.2 Å². The number of anilines is 1. The lowest BCUT2D eigenvalue weighted by Gasteiger charge is -2.36. The molecule has 4 rings (SSSR count). The van der Waals surface area contributed by atoms with E-state index < -0.39 is 0 Å². The molecule has 0 aliphatic heterocycles. The van der Waals surface area contributed by atoms with Crippen LogP contribution in [0.2, 0.25) is 5.02 Å². The SMILES string of the molecule is COc1ccc(C(=O)N(Cc2cc(NC(=O)C3CCCCC3)ccc2Cl)C2CCC(N)CC2)cc1OC. The molecular formula is C29H38ClN3O4. The molecule has 2 amide bonds. The van der Waals surface area contributed by atoms with Crippen LogP contribution in [0.1, 0.15) is 73.7 Å². The molecule has 0 saturated heterocycles. The van der Waals surface area contributed by atoms with Crippen molar-refractivity contribution in [3.8, 4) is 11.5 Å². The maximum atomic E-state index is 13.9. The fraction of sp³-hybridized carbons (Fsp3) is 0.517. The maximum Gasteiger partial charge on any atom is 0.254 e.